The zero-order chi connectivity index (χ0) is 15.2. The van der Waals surface area contributed by atoms with E-state index in [1.54, 1.807) is 18.5 Å². The van der Waals surface area contributed by atoms with Gasteiger partial charge >= 0.3 is 0 Å². The summed E-state index contributed by atoms with van der Waals surface area (Å²) in [6.07, 6.45) is 6.26. The molecule has 2 rings (SSSR count). The second kappa shape index (κ2) is 6.83. The lowest BCUT2D eigenvalue weighted by Gasteiger charge is -2.11. The molecule has 0 bridgehead atoms. The molecular formula is C16H19N3O2. The molecule has 0 radical (unpaired) electrons. The first-order valence-electron chi connectivity index (χ1n) is 7.06. The summed E-state index contributed by atoms with van der Waals surface area (Å²) in [6, 6.07) is 5.52. The molecule has 0 spiro atoms. The molecule has 0 aromatic carbocycles. The summed E-state index contributed by atoms with van der Waals surface area (Å²) < 4.78 is 0. The molecule has 2 N–H and O–H groups in total. The van der Waals surface area contributed by atoms with Crippen LogP contribution in [0.3, 0.4) is 0 Å². The molecule has 0 fully saturated rings. The Balaban J connectivity index is 2.52. The number of rotatable bonds is 5. The highest BCUT2D eigenvalue weighted by Crippen LogP contribution is 2.24. The van der Waals surface area contributed by atoms with Gasteiger partial charge in [-0.15, -0.1) is 0 Å². The third-order valence-corrected chi connectivity index (χ3v) is 3.21. The first-order valence-corrected chi connectivity index (χ1v) is 7.06. The smallest absolute Gasteiger partial charge is 0.271 e. The Bertz CT molecular complexity index is 678. The number of carbonyl (C=O) groups is 1. The van der Waals surface area contributed by atoms with E-state index in [9.17, 15) is 9.59 Å². The third kappa shape index (κ3) is 3.78. The molecule has 5 heteroatoms. The third-order valence-electron chi connectivity index (χ3n) is 3.21. The van der Waals surface area contributed by atoms with Crippen LogP contribution in [0.1, 0.15) is 32.4 Å². The molecule has 0 saturated heterocycles. The number of pyridine rings is 2. The van der Waals surface area contributed by atoms with E-state index in [-0.39, 0.29) is 17.2 Å². The van der Waals surface area contributed by atoms with E-state index in [0.29, 0.717) is 0 Å². The van der Waals surface area contributed by atoms with E-state index < -0.39 is 0 Å². The first kappa shape index (κ1) is 15.0. The van der Waals surface area contributed by atoms with Crippen molar-refractivity contribution >= 4 is 11.6 Å². The number of aromatic amines is 1. The van der Waals surface area contributed by atoms with E-state index in [2.05, 4.69) is 22.2 Å². The van der Waals surface area contributed by atoms with Crippen molar-refractivity contribution < 1.29 is 4.79 Å². The van der Waals surface area contributed by atoms with Crippen LogP contribution in [0.5, 0.6) is 0 Å². The van der Waals surface area contributed by atoms with Crippen LogP contribution in [0.2, 0.25) is 0 Å². The van der Waals surface area contributed by atoms with Gasteiger partial charge < -0.3 is 10.3 Å². The van der Waals surface area contributed by atoms with Crippen molar-refractivity contribution in [2.24, 2.45) is 0 Å². The van der Waals surface area contributed by atoms with Crippen LogP contribution in [0.25, 0.3) is 11.1 Å². The minimum atomic E-state index is -0.269. The van der Waals surface area contributed by atoms with Crippen LogP contribution in [-0.4, -0.2) is 15.9 Å². The first-order chi connectivity index (χ1) is 10.1. The van der Waals surface area contributed by atoms with Gasteiger partial charge in [0.1, 0.15) is 5.69 Å². The second-order valence-electron chi connectivity index (χ2n) is 4.92. The van der Waals surface area contributed by atoms with Crippen LogP contribution in [-0.2, 0) is 11.2 Å². The van der Waals surface area contributed by atoms with Gasteiger partial charge in [0.25, 0.3) is 5.56 Å². The maximum Gasteiger partial charge on any atom is 0.271 e. The summed E-state index contributed by atoms with van der Waals surface area (Å²) in [4.78, 5) is 30.1. The van der Waals surface area contributed by atoms with Crippen molar-refractivity contribution in [1.82, 2.24) is 9.97 Å². The van der Waals surface area contributed by atoms with Crippen molar-refractivity contribution in [3.63, 3.8) is 0 Å². The summed E-state index contributed by atoms with van der Waals surface area (Å²) in [6.45, 7) is 3.49. The number of hydrogen-bond donors (Lipinski definition) is 2. The van der Waals surface area contributed by atoms with Crippen LogP contribution in [0.4, 0.5) is 5.69 Å². The zero-order valence-electron chi connectivity index (χ0n) is 12.3. The average molecular weight is 285 g/mol. The molecule has 110 valence electrons. The summed E-state index contributed by atoms with van der Waals surface area (Å²) in [5.41, 5.74) is 2.79. The SMILES string of the molecule is CCCCc1[nH]c(=O)c(NC(C)=O)cc1-c1ccncc1. The molecule has 2 heterocycles. The highest BCUT2D eigenvalue weighted by atomic mass is 16.2. The fourth-order valence-corrected chi connectivity index (χ4v) is 2.19. The number of unbranched alkanes of at least 4 members (excludes halogenated alkanes) is 1. The maximum absolute atomic E-state index is 12.0. The molecule has 21 heavy (non-hydrogen) atoms. The van der Waals surface area contributed by atoms with Gasteiger partial charge in [0.2, 0.25) is 5.91 Å². The Labute approximate surface area is 123 Å². The van der Waals surface area contributed by atoms with Crippen LogP contribution < -0.4 is 10.9 Å². The molecule has 1 amide bonds. The van der Waals surface area contributed by atoms with Crippen LogP contribution in [0, 0.1) is 0 Å². The lowest BCUT2D eigenvalue weighted by atomic mass is 10.0. The molecule has 0 aliphatic rings. The summed E-state index contributed by atoms with van der Waals surface area (Å²) >= 11 is 0. The molecular weight excluding hydrogens is 266 g/mol. The Morgan fingerprint density at radius 2 is 2.05 bits per heavy atom. The van der Waals surface area contributed by atoms with E-state index >= 15 is 0 Å². The number of nitrogens with one attached hydrogen (secondary N) is 2. The Morgan fingerprint density at radius 1 is 1.33 bits per heavy atom. The lowest BCUT2D eigenvalue weighted by Crippen LogP contribution is -2.19. The second-order valence-corrected chi connectivity index (χ2v) is 4.92. The topological polar surface area (TPSA) is 74.8 Å². The summed E-state index contributed by atoms with van der Waals surface area (Å²) in [7, 11) is 0. The summed E-state index contributed by atoms with van der Waals surface area (Å²) in [5, 5.41) is 2.57. The Kier molecular flexibility index (Phi) is 4.87. The van der Waals surface area contributed by atoms with Gasteiger partial charge in [-0.2, -0.15) is 0 Å². The molecule has 0 saturated carbocycles. The molecule has 0 aliphatic carbocycles. The van der Waals surface area contributed by atoms with E-state index in [0.717, 1.165) is 36.1 Å². The van der Waals surface area contributed by atoms with E-state index in [1.807, 2.05) is 12.1 Å². The predicted molar refractivity (Wildman–Crippen MR) is 83.2 cm³/mol. The standard InChI is InChI=1S/C16H19N3O2/c1-3-4-5-14-13(12-6-8-17-9-7-12)10-15(16(21)19-14)18-11(2)20/h6-10H,3-5H2,1-2H3,(H,18,20)(H,19,21). The molecule has 2 aromatic heterocycles. The van der Waals surface area contributed by atoms with Gasteiger partial charge in [0, 0.05) is 30.6 Å². The van der Waals surface area contributed by atoms with Crippen molar-refractivity contribution in [1.29, 1.82) is 0 Å². The van der Waals surface area contributed by atoms with Gasteiger partial charge in [-0.1, -0.05) is 13.3 Å². The lowest BCUT2D eigenvalue weighted by molar-refractivity contribution is -0.114. The number of anilines is 1. The van der Waals surface area contributed by atoms with Gasteiger partial charge in [-0.25, -0.2) is 0 Å². The normalized spacial score (nSPS) is 10.4. The molecule has 5 nitrogen and oxygen atoms in total. The Morgan fingerprint density at radius 3 is 2.67 bits per heavy atom. The Hall–Kier alpha value is -2.43. The average Bonchev–Trinajstić information content (AvgIpc) is 2.48. The van der Waals surface area contributed by atoms with E-state index in [4.69, 9.17) is 0 Å². The van der Waals surface area contributed by atoms with Crippen LogP contribution in [0.15, 0.2) is 35.4 Å². The minimum Gasteiger partial charge on any atom is -0.324 e. The van der Waals surface area contributed by atoms with Crippen molar-refractivity contribution in [3.8, 4) is 11.1 Å². The van der Waals surface area contributed by atoms with Crippen molar-refractivity contribution in [2.45, 2.75) is 33.1 Å². The minimum absolute atomic E-state index is 0.262. The quantitative estimate of drug-likeness (QED) is 0.887. The number of aryl methyl sites for hydroxylation is 1. The van der Waals surface area contributed by atoms with Gasteiger partial charge in [-0.3, -0.25) is 14.6 Å². The predicted octanol–water partition coefficient (Wildman–Crippen LogP) is 2.74. The number of nitrogens with zero attached hydrogens (tertiary/aromatic N) is 1. The monoisotopic (exact) mass is 285 g/mol. The zero-order valence-corrected chi connectivity index (χ0v) is 12.3. The number of carbonyl (C=O) groups excluding carboxylic acids is 1. The number of amides is 1. The maximum atomic E-state index is 12.0. The van der Waals surface area contributed by atoms with E-state index in [1.165, 1.54) is 6.92 Å². The van der Waals surface area contributed by atoms with Gasteiger partial charge in [0.15, 0.2) is 0 Å². The largest absolute Gasteiger partial charge is 0.324 e. The summed E-state index contributed by atoms with van der Waals surface area (Å²) in [5.74, 6) is -0.262. The highest BCUT2D eigenvalue weighted by molar-refractivity contribution is 5.89. The number of H-pyrrole nitrogens is 1. The molecule has 2 aromatic rings. The van der Waals surface area contributed by atoms with Crippen molar-refractivity contribution in [3.05, 3.63) is 46.6 Å². The fraction of sp³-hybridized carbons (Fsp3) is 0.312. The molecule has 0 unspecified atom stereocenters. The number of hydrogen-bond acceptors (Lipinski definition) is 3. The van der Waals surface area contributed by atoms with Crippen molar-refractivity contribution in [2.75, 3.05) is 5.32 Å². The number of aromatic nitrogens is 2. The molecule has 0 aliphatic heterocycles. The van der Waals surface area contributed by atoms with Crippen LogP contribution >= 0.6 is 0 Å². The fourth-order valence-electron chi connectivity index (χ4n) is 2.19. The van der Waals surface area contributed by atoms with Gasteiger partial charge in [0.05, 0.1) is 0 Å². The molecule has 0 atom stereocenters. The van der Waals surface area contributed by atoms with Gasteiger partial charge in [-0.05, 0) is 36.6 Å². The highest BCUT2D eigenvalue weighted by Gasteiger charge is 2.11.